The van der Waals surface area contributed by atoms with Crippen LogP contribution in [0.25, 0.3) is 5.78 Å². The Hall–Kier alpha value is -3.55. The third-order valence-corrected chi connectivity index (χ3v) is 9.79. The first-order valence-corrected chi connectivity index (χ1v) is 16.1. The molecule has 3 atom stereocenters. The lowest BCUT2D eigenvalue weighted by Gasteiger charge is -2.32. The second-order valence-corrected chi connectivity index (χ2v) is 12.9. The summed E-state index contributed by atoms with van der Waals surface area (Å²) in [5.41, 5.74) is 2.26. The van der Waals surface area contributed by atoms with Gasteiger partial charge in [-0.3, -0.25) is 14.3 Å². The smallest absolute Gasteiger partial charge is 0.381 e. The number of halogens is 3. The fraction of sp³-hybridized carbons (Fsp3) is 0.677. The zero-order valence-corrected chi connectivity index (χ0v) is 25.7. The molecule has 3 aliphatic rings. The standard InChI is InChI=1S/C31H41F3N8O3/c1-3-41-25(8-11-36-41)29(44)38-27(19-6-4-18(2)5-7-19)24-17-42-30(37-24)39-26(20-9-12-45-13-10-20)23(40-42)15-21-14-22(31(32,33)34)16-35-28(21)43/h8,11,17-22,27H,3-7,9-10,12-16H2,1-2H3,(H,35,43)(H,38,44)/t18?,19?,21-,22-,27+/m1/s1. The van der Waals surface area contributed by atoms with E-state index in [9.17, 15) is 22.8 Å². The largest absolute Gasteiger partial charge is 0.393 e. The summed E-state index contributed by atoms with van der Waals surface area (Å²) in [6, 6.07) is 1.31. The first-order valence-electron chi connectivity index (χ1n) is 16.1. The third-order valence-electron chi connectivity index (χ3n) is 9.79. The van der Waals surface area contributed by atoms with Gasteiger partial charge in [0.2, 0.25) is 5.91 Å². The number of alkyl halides is 3. The Morgan fingerprint density at radius 2 is 1.91 bits per heavy atom. The molecule has 3 aromatic rings. The zero-order chi connectivity index (χ0) is 31.7. The van der Waals surface area contributed by atoms with E-state index in [1.54, 1.807) is 27.7 Å². The molecule has 0 spiro atoms. The highest BCUT2D eigenvalue weighted by molar-refractivity contribution is 5.92. The highest BCUT2D eigenvalue weighted by Gasteiger charge is 2.45. The van der Waals surface area contributed by atoms with Gasteiger partial charge in [-0.15, -0.1) is 0 Å². The van der Waals surface area contributed by atoms with Crippen LogP contribution >= 0.6 is 0 Å². The lowest BCUT2D eigenvalue weighted by atomic mass is 9.78. The van der Waals surface area contributed by atoms with Crippen LogP contribution in [-0.4, -0.2) is 67.1 Å². The van der Waals surface area contributed by atoms with Crippen LogP contribution < -0.4 is 10.6 Å². The summed E-state index contributed by atoms with van der Waals surface area (Å²) in [4.78, 5) is 36.0. The van der Waals surface area contributed by atoms with Gasteiger partial charge in [0.05, 0.1) is 35.2 Å². The van der Waals surface area contributed by atoms with E-state index in [2.05, 4.69) is 22.7 Å². The molecule has 0 bridgehead atoms. The Morgan fingerprint density at radius 1 is 1.16 bits per heavy atom. The summed E-state index contributed by atoms with van der Waals surface area (Å²) in [6.07, 6.45) is 4.08. The molecule has 2 N–H and O–H groups in total. The lowest BCUT2D eigenvalue weighted by Crippen LogP contribution is -2.47. The average molecular weight is 631 g/mol. The normalized spacial score (nSPS) is 25.7. The molecule has 244 valence electrons. The van der Waals surface area contributed by atoms with E-state index < -0.39 is 30.5 Å². The zero-order valence-electron chi connectivity index (χ0n) is 25.7. The highest BCUT2D eigenvalue weighted by Crippen LogP contribution is 2.38. The molecule has 0 radical (unpaired) electrons. The number of piperidine rings is 1. The fourth-order valence-corrected chi connectivity index (χ4v) is 7.08. The van der Waals surface area contributed by atoms with Gasteiger partial charge >= 0.3 is 6.18 Å². The number of nitrogens with one attached hydrogen (secondary N) is 2. The summed E-state index contributed by atoms with van der Waals surface area (Å²) in [5, 5.41) is 14.8. The number of amides is 2. The Labute approximate surface area is 259 Å². The Bertz CT molecular complexity index is 1510. The number of carbonyl (C=O) groups is 2. The predicted octanol–water partition coefficient (Wildman–Crippen LogP) is 4.39. The number of hydrogen-bond acceptors (Lipinski definition) is 7. The van der Waals surface area contributed by atoms with Gasteiger partial charge in [-0.1, -0.05) is 19.8 Å². The van der Waals surface area contributed by atoms with Crippen molar-refractivity contribution in [3.63, 3.8) is 0 Å². The van der Waals surface area contributed by atoms with E-state index in [0.717, 1.165) is 25.7 Å². The SMILES string of the molecule is CCn1nccc1C(=O)N[C@H](c1cn2nc(C[C@H]3C[C@@H](C(F)(F)F)CNC3=O)c(C3CCOCC3)nc2n1)C1CCC(C)CC1. The van der Waals surface area contributed by atoms with Crippen LogP contribution in [0.2, 0.25) is 0 Å². The first-order chi connectivity index (χ1) is 21.6. The number of carbonyl (C=O) groups excluding carboxylic acids is 2. The van der Waals surface area contributed by atoms with Crippen molar-refractivity contribution in [2.75, 3.05) is 19.8 Å². The second-order valence-electron chi connectivity index (χ2n) is 12.9. The van der Waals surface area contributed by atoms with Crippen molar-refractivity contribution in [1.82, 2.24) is 40.0 Å². The summed E-state index contributed by atoms with van der Waals surface area (Å²) >= 11 is 0. The quantitative estimate of drug-likeness (QED) is 0.378. The fourth-order valence-electron chi connectivity index (χ4n) is 7.08. The van der Waals surface area contributed by atoms with Gasteiger partial charge in [0.1, 0.15) is 5.69 Å². The Kier molecular flexibility index (Phi) is 9.12. The van der Waals surface area contributed by atoms with Gasteiger partial charge in [0.15, 0.2) is 0 Å². The predicted molar refractivity (Wildman–Crippen MR) is 157 cm³/mol. The van der Waals surface area contributed by atoms with Crippen molar-refractivity contribution in [3.8, 4) is 0 Å². The van der Waals surface area contributed by atoms with Gasteiger partial charge in [0.25, 0.3) is 11.7 Å². The van der Waals surface area contributed by atoms with Crippen LogP contribution in [0.1, 0.15) is 98.3 Å². The molecule has 3 aromatic heterocycles. The molecule has 5 heterocycles. The third kappa shape index (κ3) is 6.85. The minimum absolute atomic E-state index is 0.0128. The molecule has 14 heteroatoms. The van der Waals surface area contributed by atoms with Gasteiger partial charge in [-0.25, -0.2) is 14.5 Å². The topological polar surface area (TPSA) is 128 Å². The monoisotopic (exact) mass is 630 g/mol. The van der Waals surface area contributed by atoms with Crippen LogP contribution in [0.15, 0.2) is 18.5 Å². The number of aryl methyl sites for hydroxylation is 1. The molecule has 11 nitrogen and oxygen atoms in total. The molecule has 2 saturated heterocycles. The number of ether oxygens (including phenoxy) is 1. The van der Waals surface area contributed by atoms with Gasteiger partial charge in [0, 0.05) is 50.8 Å². The number of rotatable bonds is 8. The van der Waals surface area contributed by atoms with E-state index in [-0.39, 0.29) is 36.6 Å². The molecule has 0 aromatic carbocycles. The van der Waals surface area contributed by atoms with Gasteiger partial charge in [-0.05, 0) is 56.9 Å². The molecule has 2 aliphatic heterocycles. The number of hydrogen-bond donors (Lipinski definition) is 2. The maximum absolute atomic E-state index is 13.6. The number of fused-ring (bicyclic) bond motifs is 1. The van der Waals surface area contributed by atoms with Crippen molar-refractivity contribution in [3.05, 3.63) is 41.2 Å². The molecule has 45 heavy (non-hydrogen) atoms. The second kappa shape index (κ2) is 13.1. The summed E-state index contributed by atoms with van der Waals surface area (Å²) in [6.45, 7) is 5.40. The molecule has 6 rings (SSSR count). The van der Waals surface area contributed by atoms with E-state index in [1.165, 1.54) is 0 Å². The van der Waals surface area contributed by atoms with Crippen molar-refractivity contribution in [1.29, 1.82) is 0 Å². The first kappa shape index (κ1) is 31.4. The molecule has 0 unspecified atom stereocenters. The molecular formula is C31H41F3N8O3. The van der Waals surface area contributed by atoms with Crippen molar-refractivity contribution in [2.45, 2.75) is 89.9 Å². The minimum atomic E-state index is -4.39. The number of nitrogens with zero attached hydrogens (tertiary/aromatic N) is 6. The van der Waals surface area contributed by atoms with Crippen LogP contribution in [0, 0.1) is 23.7 Å². The minimum Gasteiger partial charge on any atom is -0.381 e. The Balaban J connectivity index is 1.35. The van der Waals surface area contributed by atoms with Crippen molar-refractivity contribution >= 4 is 17.6 Å². The van der Waals surface area contributed by atoms with Crippen molar-refractivity contribution in [2.24, 2.45) is 23.7 Å². The van der Waals surface area contributed by atoms with Crippen LogP contribution in [0.5, 0.6) is 0 Å². The van der Waals surface area contributed by atoms with Crippen LogP contribution in [0.4, 0.5) is 13.2 Å². The summed E-state index contributed by atoms with van der Waals surface area (Å²) in [7, 11) is 0. The molecular weight excluding hydrogens is 589 g/mol. The van der Waals surface area contributed by atoms with Gasteiger partial charge < -0.3 is 15.4 Å². The summed E-state index contributed by atoms with van der Waals surface area (Å²) in [5.74, 6) is -1.99. The van der Waals surface area contributed by atoms with E-state index in [1.807, 2.05) is 6.92 Å². The molecule has 3 fully saturated rings. The van der Waals surface area contributed by atoms with Crippen LogP contribution in [0.3, 0.4) is 0 Å². The Morgan fingerprint density at radius 3 is 2.62 bits per heavy atom. The maximum atomic E-state index is 13.6. The van der Waals surface area contributed by atoms with Gasteiger partial charge in [-0.2, -0.15) is 23.4 Å². The van der Waals surface area contributed by atoms with Crippen LogP contribution in [-0.2, 0) is 22.5 Å². The van der Waals surface area contributed by atoms with E-state index in [0.29, 0.717) is 67.1 Å². The molecule has 1 saturated carbocycles. The number of imidazole rings is 1. The lowest BCUT2D eigenvalue weighted by molar-refractivity contribution is -0.183. The number of aromatic nitrogens is 6. The van der Waals surface area contributed by atoms with Crippen molar-refractivity contribution < 1.29 is 27.5 Å². The highest BCUT2D eigenvalue weighted by atomic mass is 19.4. The average Bonchev–Trinajstić information content (AvgIpc) is 3.68. The molecule has 1 aliphatic carbocycles. The van der Waals surface area contributed by atoms with E-state index >= 15 is 0 Å². The summed E-state index contributed by atoms with van der Waals surface area (Å²) < 4.78 is 49.5. The van der Waals surface area contributed by atoms with E-state index in [4.69, 9.17) is 19.8 Å². The maximum Gasteiger partial charge on any atom is 0.393 e. The molecule has 2 amide bonds.